The van der Waals surface area contributed by atoms with Crippen molar-refractivity contribution < 1.29 is 4.39 Å². The van der Waals surface area contributed by atoms with E-state index < -0.39 is 0 Å². The van der Waals surface area contributed by atoms with E-state index in [4.69, 9.17) is 0 Å². The molecule has 0 unspecified atom stereocenters. The van der Waals surface area contributed by atoms with Gasteiger partial charge in [-0.05, 0) is 35.7 Å². The Hall–Kier alpha value is -1.68. The predicted molar refractivity (Wildman–Crippen MR) is 62.8 cm³/mol. The molecule has 1 aromatic carbocycles. The molecule has 0 fully saturated rings. The molecule has 0 spiro atoms. The molecule has 0 amide bonds. The number of rotatable bonds is 2. The number of aromatic amines is 1. The largest absolute Gasteiger partial charge is 0.293 e. The van der Waals surface area contributed by atoms with Gasteiger partial charge in [0.2, 0.25) is 0 Å². The third-order valence-corrected chi connectivity index (χ3v) is 3.21. The van der Waals surface area contributed by atoms with Gasteiger partial charge in [-0.25, -0.2) is 4.39 Å². The Labute approximate surface area is 99.3 Å². The normalized spacial score (nSPS) is 15.8. The van der Waals surface area contributed by atoms with Gasteiger partial charge >= 0.3 is 0 Å². The fourth-order valence-corrected chi connectivity index (χ4v) is 2.33. The van der Waals surface area contributed by atoms with Crippen molar-refractivity contribution in [1.82, 2.24) is 15.1 Å². The van der Waals surface area contributed by atoms with E-state index in [0.29, 0.717) is 0 Å². The van der Waals surface area contributed by atoms with Crippen LogP contribution in [0.2, 0.25) is 0 Å². The minimum Gasteiger partial charge on any atom is -0.293 e. The zero-order valence-electron chi connectivity index (χ0n) is 9.49. The predicted octanol–water partition coefficient (Wildman–Crippen LogP) is 2.11. The second kappa shape index (κ2) is 4.30. The van der Waals surface area contributed by atoms with Gasteiger partial charge < -0.3 is 0 Å². The summed E-state index contributed by atoms with van der Waals surface area (Å²) in [4.78, 5) is 2.34. The molecule has 0 aliphatic carbocycles. The number of fused-ring (bicyclic) bond motifs is 1. The van der Waals surface area contributed by atoms with Gasteiger partial charge in [0, 0.05) is 31.5 Å². The lowest BCUT2D eigenvalue weighted by Gasteiger charge is -2.28. The maximum Gasteiger partial charge on any atom is 0.123 e. The zero-order chi connectivity index (χ0) is 11.7. The summed E-state index contributed by atoms with van der Waals surface area (Å²) < 4.78 is 13.1. The number of nitrogens with zero attached hydrogens (tertiary/aromatic N) is 2. The molecule has 2 aromatic rings. The van der Waals surface area contributed by atoms with Crippen molar-refractivity contribution in [2.75, 3.05) is 6.54 Å². The first-order valence-electron chi connectivity index (χ1n) is 5.79. The van der Waals surface area contributed by atoms with Gasteiger partial charge in [-0.1, -0.05) is 6.07 Å². The van der Waals surface area contributed by atoms with E-state index in [1.807, 2.05) is 12.1 Å². The molecule has 3 nitrogen and oxygen atoms in total. The Morgan fingerprint density at radius 3 is 3.06 bits per heavy atom. The van der Waals surface area contributed by atoms with Crippen molar-refractivity contribution in [3.05, 3.63) is 53.1 Å². The minimum atomic E-state index is -0.134. The van der Waals surface area contributed by atoms with E-state index in [1.54, 1.807) is 18.3 Å². The maximum absolute atomic E-state index is 13.1. The molecule has 1 aliphatic heterocycles. The van der Waals surface area contributed by atoms with E-state index >= 15 is 0 Å². The van der Waals surface area contributed by atoms with Crippen molar-refractivity contribution in [1.29, 1.82) is 0 Å². The summed E-state index contributed by atoms with van der Waals surface area (Å²) in [6.07, 6.45) is 2.68. The Kier molecular flexibility index (Phi) is 2.65. The van der Waals surface area contributed by atoms with Crippen molar-refractivity contribution in [3.63, 3.8) is 0 Å². The summed E-state index contributed by atoms with van der Waals surface area (Å²) >= 11 is 0. The maximum atomic E-state index is 13.1. The van der Waals surface area contributed by atoms with E-state index in [9.17, 15) is 4.39 Å². The quantitative estimate of drug-likeness (QED) is 0.858. The number of aromatic nitrogens is 2. The van der Waals surface area contributed by atoms with Crippen LogP contribution in [0, 0.1) is 5.82 Å². The number of halogens is 1. The Balaban J connectivity index is 1.74. The van der Waals surface area contributed by atoms with Gasteiger partial charge in [0.1, 0.15) is 5.82 Å². The van der Waals surface area contributed by atoms with Crippen molar-refractivity contribution in [3.8, 4) is 0 Å². The van der Waals surface area contributed by atoms with Crippen LogP contribution in [0.3, 0.4) is 0 Å². The van der Waals surface area contributed by atoms with Crippen LogP contribution in [0.4, 0.5) is 4.39 Å². The third-order valence-electron chi connectivity index (χ3n) is 3.21. The average Bonchev–Trinajstić information content (AvgIpc) is 2.82. The highest BCUT2D eigenvalue weighted by Gasteiger charge is 2.16. The summed E-state index contributed by atoms with van der Waals surface area (Å²) in [5.41, 5.74) is 3.50. The van der Waals surface area contributed by atoms with E-state index in [2.05, 4.69) is 15.1 Å². The zero-order valence-corrected chi connectivity index (χ0v) is 9.49. The van der Waals surface area contributed by atoms with Crippen LogP contribution in [0.15, 0.2) is 30.5 Å². The van der Waals surface area contributed by atoms with Crippen molar-refractivity contribution in [2.24, 2.45) is 0 Å². The highest BCUT2D eigenvalue weighted by Crippen LogP contribution is 2.20. The van der Waals surface area contributed by atoms with E-state index in [0.717, 1.165) is 37.3 Å². The molecule has 0 saturated heterocycles. The summed E-state index contributed by atoms with van der Waals surface area (Å²) in [6, 6.07) is 7.07. The van der Waals surface area contributed by atoms with Crippen molar-refractivity contribution in [2.45, 2.75) is 19.5 Å². The summed E-state index contributed by atoms with van der Waals surface area (Å²) in [7, 11) is 0. The highest BCUT2D eigenvalue weighted by atomic mass is 19.1. The van der Waals surface area contributed by atoms with Gasteiger partial charge in [-0.2, -0.15) is 5.10 Å². The summed E-state index contributed by atoms with van der Waals surface area (Å²) in [5, 5.41) is 6.91. The first kappa shape index (κ1) is 10.5. The Bertz CT molecular complexity index is 507. The lowest BCUT2D eigenvalue weighted by atomic mass is 9.99. The standard InChI is InChI=1S/C13H14FN3/c14-12-2-1-11-8-17(6-4-10(11)7-12)9-13-3-5-15-16-13/h1-3,5,7H,4,6,8-9H2,(H,15,16). The number of hydrogen-bond donors (Lipinski definition) is 1. The molecule has 0 saturated carbocycles. The van der Waals surface area contributed by atoms with Gasteiger partial charge in [0.25, 0.3) is 0 Å². The molecule has 0 atom stereocenters. The van der Waals surface area contributed by atoms with Gasteiger partial charge in [-0.3, -0.25) is 10.00 Å². The molecule has 88 valence electrons. The van der Waals surface area contributed by atoms with Gasteiger partial charge in [-0.15, -0.1) is 0 Å². The number of hydrogen-bond acceptors (Lipinski definition) is 2. The Morgan fingerprint density at radius 2 is 2.24 bits per heavy atom. The lowest BCUT2D eigenvalue weighted by molar-refractivity contribution is 0.242. The van der Waals surface area contributed by atoms with Crippen LogP contribution >= 0.6 is 0 Å². The minimum absolute atomic E-state index is 0.134. The van der Waals surface area contributed by atoms with Gasteiger partial charge in [0.15, 0.2) is 0 Å². The van der Waals surface area contributed by atoms with Crippen molar-refractivity contribution >= 4 is 0 Å². The summed E-state index contributed by atoms with van der Waals surface area (Å²) in [5.74, 6) is -0.134. The molecule has 2 heterocycles. The van der Waals surface area contributed by atoms with Crippen LogP contribution in [-0.4, -0.2) is 21.6 Å². The molecule has 1 aromatic heterocycles. The molecular formula is C13H14FN3. The molecule has 1 N–H and O–H groups in total. The fourth-order valence-electron chi connectivity index (χ4n) is 2.33. The fraction of sp³-hybridized carbons (Fsp3) is 0.308. The molecule has 17 heavy (non-hydrogen) atoms. The molecule has 0 radical (unpaired) electrons. The third kappa shape index (κ3) is 2.22. The number of benzene rings is 1. The van der Waals surface area contributed by atoms with Crippen LogP contribution in [0.25, 0.3) is 0 Å². The summed E-state index contributed by atoms with van der Waals surface area (Å²) in [6.45, 7) is 2.72. The lowest BCUT2D eigenvalue weighted by Crippen LogP contribution is -2.30. The van der Waals surface area contributed by atoms with Crippen LogP contribution in [0.1, 0.15) is 16.8 Å². The molecular weight excluding hydrogens is 217 g/mol. The van der Waals surface area contributed by atoms with Gasteiger partial charge in [0.05, 0.1) is 0 Å². The van der Waals surface area contributed by atoms with E-state index in [1.165, 1.54) is 5.56 Å². The molecule has 1 aliphatic rings. The van der Waals surface area contributed by atoms with Crippen LogP contribution in [0.5, 0.6) is 0 Å². The molecule has 0 bridgehead atoms. The molecule has 4 heteroatoms. The number of nitrogens with one attached hydrogen (secondary N) is 1. The molecule has 3 rings (SSSR count). The SMILES string of the molecule is Fc1ccc2c(c1)CCN(Cc1ccn[nH]1)C2. The second-order valence-electron chi connectivity index (χ2n) is 4.46. The monoisotopic (exact) mass is 231 g/mol. The van der Waals surface area contributed by atoms with Crippen LogP contribution in [-0.2, 0) is 19.5 Å². The van der Waals surface area contributed by atoms with E-state index in [-0.39, 0.29) is 5.82 Å². The van der Waals surface area contributed by atoms with Crippen LogP contribution < -0.4 is 0 Å². The smallest absolute Gasteiger partial charge is 0.123 e. The highest BCUT2D eigenvalue weighted by molar-refractivity contribution is 5.30. The second-order valence-corrected chi connectivity index (χ2v) is 4.46. The topological polar surface area (TPSA) is 31.9 Å². The first-order chi connectivity index (χ1) is 8.31. The number of H-pyrrole nitrogens is 1. The average molecular weight is 231 g/mol. The Morgan fingerprint density at radius 1 is 1.29 bits per heavy atom. The first-order valence-corrected chi connectivity index (χ1v) is 5.79.